The van der Waals surface area contributed by atoms with Crippen LogP contribution in [0.25, 0.3) is 0 Å². The number of carbonyl (C=O) groups excluding carboxylic acids is 1. The molecule has 2 bridgehead atoms. The van der Waals surface area contributed by atoms with Crippen molar-refractivity contribution < 1.29 is 4.79 Å². The quantitative estimate of drug-likeness (QED) is 0.831. The van der Waals surface area contributed by atoms with Crippen molar-refractivity contribution in [2.75, 3.05) is 5.32 Å². The molecule has 3 nitrogen and oxygen atoms in total. The molecule has 0 radical (unpaired) electrons. The molecule has 1 atom stereocenters. The van der Waals surface area contributed by atoms with Crippen LogP contribution in [0.1, 0.15) is 32.1 Å². The van der Waals surface area contributed by atoms with E-state index in [0.29, 0.717) is 11.1 Å². The van der Waals surface area contributed by atoms with Crippen molar-refractivity contribution in [2.24, 2.45) is 17.8 Å². The molecule has 3 fully saturated rings. The second kappa shape index (κ2) is 4.88. The second-order valence-electron chi connectivity index (χ2n) is 5.48. The highest BCUT2D eigenvalue weighted by Crippen LogP contribution is 2.45. The van der Waals surface area contributed by atoms with Crippen molar-refractivity contribution in [3.8, 4) is 0 Å². The molecule has 3 saturated carbocycles. The summed E-state index contributed by atoms with van der Waals surface area (Å²) in [7, 11) is 0. The Labute approximate surface area is 112 Å². The summed E-state index contributed by atoms with van der Waals surface area (Å²) >= 11 is 5.72. The summed E-state index contributed by atoms with van der Waals surface area (Å²) in [5.74, 6) is 1.73. The van der Waals surface area contributed by atoms with Gasteiger partial charge < -0.3 is 5.32 Å². The van der Waals surface area contributed by atoms with Crippen LogP contribution >= 0.6 is 11.6 Å². The molecule has 0 saturated heterocycles. The monoisotopic (exact) mass is 264 g/mol. The fourth-order valence-corrected chi connectivity index (χ4v) is 3.50. The molecule has 1 unspecified atom stereocenters. The molecule has 96 valence electrons. The zero-order chi connectivity index (χ0) is 12.5. The minimum absolute atomic E-state index is 0.161. The number of carbonyl (C=O) groups is 1. The van der Waals surface area contributed by atoms with E-state index in [9.17, 15) is 4.79 Å². The van der Waals surface area contributed by atoms with E-state index in [1.54, 1.807) is 18.3 Å². The Kier molecular flexibility index (Phi) is 3.25. The summed E-state index contributed by atoms with van der Waals surface area (Å²) in [4.78, 5) is 16.2. The van der Waals surface area contributed by atoms with Gasteiger partial charge in [-0.25, -0.2) is 4.98 Å². The SMILES string of the molecule is O=C(Nc1ccc(Cl)nc1)C1CC2CCC1CC2. The van der Waals surface area contributed by atoms with Crippen molar-refractivity contribution in [1.29, 1.82) is 0 Å². The lowest BCUT2D eigenvalue weighted by atomic mass is 9.64. The first-order valence-corrected chi connectivity index (χ1v) is 7.02. The number of fused-ring (bicyclic) bond motifs is 3. The van der Waals surface area contributed by atoms with Crippen molar-refractivity contribution in [3.63, 3.8) is 0 Å². The summed E-state index contributed by atoms with van der Waals surface area (Å²) in [6.45, 7) is 0. The zero-order valence-corrected chi connectivity index (χ0v) is 11.0. The second-order valence-corrected chi connectivity index (χ2v) is 5.87. The summed E-state index contributed by atoms with van der Waals surface area (Å²) < 4.78 is 0. The van der Waals surface area contributed by atoms with Gasteiger partial charge in [0, 0.05) is 5.92 Å². The summed E-state index contributed by atoms with van der Waals surface area (Å²) in [6, 6.07) is 3.50. The van der Waals surface area contributed by atoms with Gasteiger partial charge in [0.25, 0.3) is 0 Å². The lowest BCUT2D eigenvalue weighted by Gasteiger charge is -2.41. The lowest BCUT2D eigenvalue weighted by molar-refractivity contribution is -0.124. The van der Waals surface area contributed by atoms with Gasteiger partial charge >= 0.3 is 0 Å². The molecule has 4 rings (SSSR count). The van der Waals surface area contributed by atoms with Gasteiger partial charge in [-0.05, 0) is 43.2 Å². The van der Waals surface area contributed by atoms with E-state index >= 15 is 0 Å². The topological polar surface area (TPSA) is 42.0 Å². The largest absolute Gasteiger partial charge is 0.324 e. The van der Waals surface area contributed by atoms with Crippen molar-refractivity contribution in [2.45, 2.75) is 32.1 Å². The number of anilines is 1. The van der Waals surface area contributed by atoms with Crippen LogP contribution in [0.5, 0.6) is 0 Å². The Morgan fingerprint density at radius 1 is 1.28 bits per heavy atom. The first-order chi connectivity index (χ1) is 8.72. The summed E-state index contributed by atoms with van der Waals surface area (Å²) in [5.41, 5.74) is 0.742. The molecule has 0 aromatic carbocycles. The third kappa shape index (κ3) is 2.37. The van der Waals surface area contributed by atoms with Crippen molar-refractivity contribution in [1.82, 2.24) is 4.98 Å². The average molecular weight is 265 g/mol. The molecule has 0 spiro atoms. The maximum absolute atomic E-state index is 12.3. The van der Waals surface area contributed by atoms with Crippen LogP contribution in [0.3, 0.4) is 0 Å². The number of nitrogens with zero attached hydrogens (tertiary/aromatic N) is 1. The predicted molar refractivity (Wildman–Crippen MR) is 71.4 cm³/mol. The van der Waals surface area contributed by atoms with Gasteiger partial charge in [0.15, 0.2) is 0 Å². The van der Waals surface area contributed by atoms with E-state index in [4.69, 9.17) is 11.6 Å². The number of hydrogen-bond donors (Lipinski definition) is 1. The lowest BCUT2D eigenvalue weighted by Crippen LogP contribution is -2.38. The maximum atomic E-state index is 12.3. The fourth-order valence-electron chi connectivity index (χ4n) is 3.38. The molecular formula is C14H17ClN2O. The molecule has 4 heteroatoms. The molecule has 1 N–H and O–H groups in total. The molecule has 3 aliphatic carbocycles. The smallest absolute Gasteiger partial charge is 0.227 e. The fraction of sp³-hybridized carbons (Fsp3) is 0.571. The molecule has 1 aromatic rings. The van der Waals surface area contributed by atoms with Crippen molar-refractivity contribution in [3.05, 3.63) is 23.5 Å². The van der Waals surface area contributed by atoms with Gasteiger partial charge in [-0.2, -0.15) is 0 Å². The van der Waals surface area contributed by atoms with Gasteiger partial charge in [-0.15, -0.1) is 0 Å². The van der Waals surface area contributed by atoms with E-state index in [1.165, 1.54) is 25.7 Å². The maximum Gasteiger partial charge on any atom is 0.227 e. The van der Waals surface area contributed by atoms with E-state index < -0.39 is 0 Å². The zero-order valence-electron chi connectivity index (χ0n) is 10.2. The van der Waals surface area contributed by atoms with Crippen LogP contribution in [-0.2, 0) is 4.79 Å². The first-order valence-electron chi connectivity index (χ1n) is 6.65. The summed E-state index contributed by atoms with van der Waals surface area (Å²) in [6.07, 6.45) is 7.76. The Hall–Kier alpha value is -1.09. The first kappa shape index (κ1) is 12.0. The Morgan fingerprint density at radius 2 is 2.06 bits per heavy atom. The normalized spacial score (nSPS) is 30.2. The number of rotatable bonds is 2. The van der Waals surface area contributed by atoms with Gasteiger partial charge in [0.2, 0.25) is 5.91 Å². The van der Waals surface area contributed by atoms with Crippen molar-refractivity contribution >= 4 is 23.2 Å². The van der Waals surface area contributed by atoms with Gasteiger partial charge in [-0.3, -0.25) is 4.79 Å². The molecule has 1 amide bonds. The van der Waals surface area contributed by atoms with Crippen LogP contribution in [0.2, 0.25) is 5.15 Å². The van der Waals surface area contributed by atoms with Crippen LogP contribution in [0.15, 0.2) is 18.3 Å². The van der Waals surface area contributed by atoms with Crippen LogP contribution in [0, 0.1) is 17.8 Å². The Balaban J connectivity index is 1.66. The number of halogens is 1. The van der Waals surface area contributed by atoms with Gasteiger partial charge in [0.05, 0.1) is 11.9 Å². The molecule has 3 aliphatic rings. The van der Waals surface area contributed by atoms with Crippen LogP contribution in [-0.4, -0.2) is 10.9 Å². The molecule has 1 heterocycles. The highest BCUT2D eigenvalue weighted by atomic mass is 35.5. The molecule has 0 aliphatic heterocycles. The minimum atomic E-state index is 0.161. The minimum Gasteiger partial charge on any atom is -0.324 e. The van der Waals surface area contributed by atoms with E-state index in [1.807, 2.05) is 0 Å². The highest BCUT2D eigenvalue weighted by molar-refractivity contribution is 6.29. The van der Waals surface area contributed by atoms with Crippen LogP contribution in [0.4, 0.5) is 5.69 Å². The standard InChI is InChI=1S/C14H17ClN2O/c15-13-6-5-11(8-16-13)17-14(18)12-7-9-1-3-10(12)4-2-9/h5-6,8-10,12H,1-4,7H2,(H,17,18). The predicted octanol–water partition coefficient (Wildman–Crippen LogP) is 3.50. The molecular weight excluding hydrogens is 248 g/mol. The summed E-state index contributed by atoms with van der Waals surface area (Å²) in [5, 5.41) is 3.41. The molecule has 18 heavy (non-hydrogen) atoms. The number of nitrogens with one attached hydrogen (secondary N) is 1. The Morgan fingerprint density at radius 3 is 2.61 bits per heavy atom. The highest BCUT2D eigenvalue weighted by Gasteiger charge is 2.39. The number of pyridine rings is 1. The van der Waals surface area contributed by atoms with E-state index in [0.717, 1.165) is 18.0 Å². The van der Waals surface area contributed by atoms with Gasteiger partial charge in [-0.1, -0.05) is 24.4 Å². The van der Waals surface area contributed by atoms with Gasteiger partial charge in [0.1, 0.15) is 5.15 Å². The van der Waals surface area contributed by atoms with E-state index in [2.05, 4.69) is 10.3 Å². The number of hydrogen-bond acceptors (Lipinski definition) is 2. The number of aromatic nitrogens is 1. The third-order valence-corrected chi connectivity index (χ3v) is 4.60. The Bertz CT molecular complexity index is 438. The molecule has 1 aromatic heterocycles. The third-order valence-electron chi connectivity index (χ3n) is 4.38. The average Bonchev–Trinajstić information content (AvgIpc) is 2.42. The van der Waals surface area contributed by atoms with Crippen LogP contribution < -0.4 is 5.32 Å². The number of amides is 1. The van der Waals surface area contributed by atoms with E-state index in [-0.39, 0.29) is 11.8 Å².